The molecule has 2 aliphatic rings. The molecule has 1 aromatic heterocycles. The molecule has 0 saturated carbocycles. The molecule has 0 bridgehead atoms. The molecule has 3 heterocycles. The minimum Gasteiger partial charge on any atom is -0.464 e. The third kappa shape index (κ3) is 3.57. The summed E-state index contributed by atoms with van der Waals surface area (Å²) in [5, 5.41) is 0. The zero-order valence-electron chi connectivity index (χ0n) is 12.6. The highest BCUT2D eigenvalue weighted by molar-refractivity contribution is 5.77. The molecule has 126 valence electrons. The summed E-state index contributed by atoms with van der Waals surface area (Å²) < 4.78 is 42.8. The van der Waals surface area contributed by atoms with E-state index in [0.717, 1.165) is 25.2 Å². The van der Waals surface area contributed by atoms with Crippen molar-refractivity contribution in [3.63, 3.8) is 0 Å². The van der Waals surface area contributed by atoms with Crippen LogP contribution in [0.15, 0.2) is 18.3 Å². The Morgan fingerprint density at radius 1 is 1.17 bits per heavy atom. The molecule has 0 amide bonds. The van der Waals surface area contributed by atoms with E-state index in [1.54, 1.807) is 0 Å². The zero-order valence-corrected chi connectivity index (χ0v) is 12.6. The van der Waals surface area contributed by atoms with Gasteiger partial charge in [-0.15, -0.1) is 0 Å². The molecule has 5 nitrogen and oxygen atoms in total. The van der Waals surface area contributed by atoms with Gasteiger partial charge in [-0.3, -0.25) is 9.69 Å². The average Bonchev–Trinajstić information content (AvgIpc) is 2.80. The Bertz CT molecular complexity index is 562. The summed E-state index contributed by atoms with van der Waals surface area (Å²) in [7, 11) is 0. The number of alkyl halides is 3. The topological polar surface area (TPSA) is 45.7 Å². The lowest BCUT2D eigenvalue weighted by Crippen LogP contribution is -2.41. The molecule has 1 atom stereocenters. The first-order valence-corrected chi connectivity index (χ1v) is 7.64. The van der Waals surface area contributed by atoms with Crippen LogP contribution in [0.2, 0.25) is 0 Å². The Kier molecular flexibility index (Phi) is 4.43. The normalized spacial score (nSPS) is 23.7. The Labute approximate surface area is 132 Å². The molecule has 2 fully saturated rings. The van der Waals surface area contributed by atoms with Gasteiger partial charge in [-0.05, 0) is 18.6 Å². The van der Waals surface area contributed by atoms with E-state index in [4.69, 9.17) is 4.74 Å². The summed E-state index contributed by atoms with van der Waals surface area (Å²) in [6, 6.07) is 2.28. The quantitative estimate of drug-likeness (QED) is 0.776. The number of pyridine rings is 1. The first-order valence-electron chi connectivity index (χ1n) is 7.64. The van der Waals surface area contributed by atoms with Crippen LogP contribution in [0.25, 0.3) is 0 Å². The molecule has 0 spiro atoms. The van der Waals surface area contributed by atoms with Gasteiger partial charge in [0.05, 0.1) is 12.2 Å². The fourth-order valence-electron chi connectivity index (χ4n) is 3.04. The van der Waals surface area contributed by atoms with Crippen LogP contribution < -0.4 is 4.90 Å². The fraction of sp³-hybridized carbons (Fsp3) is 0.600. The number of rotatable bonds is 2. The molecule has 1 unspecified atom stereocenters. The largest absolute Gasteiger partial charge is 0.464 e. The average molecular weight is 329 g/mol. The van der Waals surface area contributed by atoms with Crippen molar-refractivity contribution in [1.82, 2.24) is 9.88 Å². The monoisotopic (exact) mass is 329 g/mol. The minimum atomic E-state index is -4.37. The smallest absolute Gasteiger partial charge is 0.417 e. The molecule has 2 saturated heterocycles. The number of cyclic esters (lactones) is 1. The van der Waals surface area contributed by atoms with Crippen LogP contribution in [0, 0.1) is 0 Å². The van der Waals surface area contributed by atoms with Crippen LogP contribution >= 0.6 is 0 Å². The number of carbonyl (C=O) groups is 1. The van der Waals surface area contributed by atoms with Gasteiger partial charge in [-0.25, -0.2) is 4.98 Å². The van der Waals surface area contributed by atoms with Crippen molar-refractivity contribution < 1.29 is 22.7 Å². The molecule has 0 aromatic carbocycles. The SMILES string of the molecule is O=C1OCCC1N1CCCN(c2ccc(C(F)(F)F)cn2)CC1. The number of ether oxygens (including phenoxy) is 1. The van der Waals surface area contributed by atoms with E-state index in [1.807, 2.05) is 4.90 Å². The Hall–Kier alpha value is -1.83. The predicted octanol–water partition coefficient (Wildman–Crippen LogP) is 1.93. The van der Waals surface area contributed by atoms with Gasteiger partial charge >= 0.3 is 12.1 Å². The van der Waals surface area contributed by atoms with Gasteiger partial charge in [0.1, 0.15) is 11.9 Å². The van der Waals surface area contributed by atoms with Crippen molar-refractivity contribution >= 4 is 11.8 Å². The Morgan fingerprint density at radius 2 is 2.00 bits per heavy atom. The van der Waals surface area contributed by atoms with Crippen LogP contribution in [-0.2, 0) is 15.7 Å². The summed E-state index contributed by atoms with van der Waals surface area (Å²) in [5.41, 5.74) is -0.744. The second-order valence-electron chi connectivity index (χ2n) is 5.75. The molecule has 0 radical (unpaired) electrons. The Balaban J connectivity index is 1.65. The lowest BCUT2D eigenvalue weighted by molar-refractivity contribution is -0.142. The third-order valence-corrected chi connectivity index (χ3v) is 4.28. The first-order chi connectivity index (χ1) is 10.9. The first kappa shape index (κ1) is 16.0. The molecule has 1 aromatic rings. The molecular formula is C15H18F3N3O2. The van der Waals surface area contributed by atoms with Gasteiger partial charge in [0.25, 0.3) is 0 Å². The molecule has 2 aliphatic heterocycles. The number of hydrogen-bond acceptors (Lipinski definition) is 5. The van der Waals surface area contributed by atoms with Crippen molar-refractivity contribution in [3.8, 4) is 0 Å². The summed E-state index contributed by atoms with van der Waals surface area (Å²) in [5.74, 6) is 0.361. The highest BCUT2D eigenvalue weighted by Gasteiger charge is 2.34. The van der Waals surface area contributed by atoms with E-state index in [1.165, 1.54) is 6.07 Å². The van der Waals surface area contributed by atoms with Gasteiger partial charge < -0.3 is 9.64 Å². The number of hydrogen-bond donors (Lipinski definition) is 0. The molecule has 23 heavy (non-hydrogen) atoms. The maximum Gasteiger partial charge on any atom is 0.417 e. The number of halogens is 3. The second-order valence-corrected chi connectivity index (χ2v) is 5.75. The third-order valence-electron chi connectivity index (χ3n) is 4.28. The van der Waals surface area contributed by atoms with Gasteiger partial charge in [0, 0.05) is 38.8 Å². The van der Waals surface area contributed by atoms with Crippen LogP contribution in [0.3, 0.4) is 0 Å². The standard InChI is InChI=1S/C15H18F3N3O2/c16-15(17,18)11-2-3-13(19-10-11)21-6-1-5-20(7-8-21)12-4-9-23-14(12)22/h2-3,10,12H,1,4-9H2. The maximum atomic E-state index is 12.6. The van der Waals surface area contributed by atoms with Gasteiger partial charge in [-0.2, -0.15) is 13.2 Å². The number of anilines is 1. The van der Waals surface area contributed by atoms with Gasteiger partial charge in [0.2, 0.25) is 0 Å². The number of esters is 1. The van der Waals surface area contributed by atoms with Crippen molar-refractivity contribution in [2.45, 2.75) is 25.1 Å². The van der Waals surface area contributed by atoms with Crippen molar-refractivity contribution in [2.75, 3.05) is 37.7 Å². The van der Waals surface area contributed by atoms with E-state index in [2.05, 4.69) is 9.88 Å². The van der Waals surface area contributed by atoms with Crippen molar-refractivity contribution in [3.05, 3.63) is 23.9 Å². The predicted molar refractivity (Wildman–Crippen MR) is 77.0 cm³/mol. The zero-order chi connectivity index (χ0) is 16.4. The number of nitrogens with zero attached hydrogens (tertiary/aromatic N) is 3. The van der Waals surface area contributed by atoms with E-state index >= 15 is 0 Å². The van der Waals surface area contributed by atoms with E-state index in [9.17, 15) is 18.0 Å². The molecule has 3 rings (SSSR count). The van der Waals surface area contributed by atoms with Crippen LogP contribution in [0.5, 0.6) is 0 Å². The van der Waals surface area contributed by atoms with Crippen LogP contribution in [0.1, 0.15) is 18.4 Å². The number of carbonyl (C=O) groups excluding carboxylic acids is 1. The second kappa shape index (κ2) is 6.35. The van der Waals surface area contributed by atoms with Crippen LogP contribution in [0.4, 0.5) is 19.0 Å². The summed E-state index contributed by atoms with van der Waals surface area (Å²) in [4.78, 5) is 19.7. The maximum absolute atomic E-state index is 12.6. The summed E-state index contributed by atoms with van der Waals surface area (Å²) >= 11 is 0. The molecule has 0 aliphatic carbocycles. The fourth-order valence-corrected chi connectivity index (χ4v) is 3.04. The molecule has 8 heteroatoms. The molecule has 0 N–H and O–H groups in total. The van der Waals surface area contributed by atoms with Crippen molar-refractivity contribution in [2.24, 2.45) is 0 Å². The van der Waals surface area contributed by atoms with Gasteiger partial charge in [0.15, 0.2) is 0 Å². The van der Waals surface area contributed by atoms with E-state index < -0.39 is 11.7 Å². The van der Waals surface area contributed by atoms with Gasteiger partial charge in [-0.1, -0.05) is 0 Å². The lowest BCUT2D eigenvalue weighted by Gasteiger charge is -2.25. The highest BCUT2D eigenvalue weighted by Crippen LogP contribution is 2.29. The van der Waals surface area contributed by atoms with Crippen LogP contribution in [-0.4, -0.2) is 54.7 Å². The van der Waals surface area contributed by atoms with E-state index in [0.29, 0.717) is 38.5 Å². The van der Waals surface area contributed by atoms with Crippen molar-refractivity contribution in [1.29, 1.82) is 0 Å². The highest BCUT2D eigenvalue weighted by atomic mass is 19.4. The lowest BCUT2D eigenvalue weighted by atomic mass is 10.2. The minimum absolute atomic E-state index is 0.175. The number of aromatic nitrogens is 1. The summed E-state index contributed by atoms with van der Waals surface area (Å²) in [6.45, 7) is 3.24. The van der Waals surface area contributed by atoms with E-state index in [-0.39, 0.29) is 12.0 Å². The summed E-state index contributed by atoms with van der Waals surface area (Å²) in [6.07, 6.45) is -1.97. The Morgan fingerprint density at radius 3 is 2.61 bits per heavy atom. The molecular weight excluding hydrogens is 311 g/mol.